The van der Waals surface area contributed by atoms with Crippen molar-refractivity contribution in [3.8, 4) is 5.75 Å². The van der Waals surface area contributed by atoms with Gasteiger partial charge in [0.25, 0.3) is 5.69 Å². The van der Waals surface area contributed by atoms with E-state index >= 15 is 0 Å². The average molecular weight is 764 g/mol. The quantitative estimate of drug-likeness (QED) is 0.161. The zero-order valence-electron chi connectivity index (χ0n) is 28.1. The number of nitrogens with zero attached hydrogens (tertiary/aromatic N) is 2. The highest BCUT2D eigenvalue weighted by Gasteiger charge is 2.96. The minimum absolute atomic E-state index is 0.141. The first-order chi connectivity index (χ1) is 23.1. The standard InChI is InChI=1S/C34H39BrN2O13/c1-19(39)29(18-38)33(47,24-9-11-25(35)12-10-24)31(45,21(3)41)30(44,20(2)40)32(46,22(4)42)34(29,23(5)43)50-26-13-14-27(28(17-26)37(48)49)36-15-7-6-8-16-36/h9-14,17,38,44-47H,6-8,15-16,18H2,1-5H3/t29-,30+,31-,32+,33+,34-/m0/s1. The topological polar surface area (TPSA) is 242 Å². The Morgan fingerprint density at radius 2 is 1.30 bits per heavy atom. The van der Waals surface area contributed by atoms with E-state index in [0.29, 0.717) is 52.2 Å². The SMILES string of the molecule is CC(=O)[C@]1(O)[C@](O)(C(C)=O)[C@](Oc2ccc(N3CCCCC3)c([N+](=O)[O-])c2)(C(C)=O)[C@@](CO)(C(C)=O)[C@](O)(c2ccc(Br)cc2)[C@]1(O)C(C)=O. The number of benzene rings is 2. The molecule has 2 aliphatic rings. The Labute approximate surface area is 295 Å². The number of halogens is 1. The van der Waals surface area contributed by atoms with Crippen molar-refractivity contribution in [2.24, 2.45) is 5.41 Å². The molecule has 1 heterocycles. The first kappa shape index (κ1) is 38.9. The van der Waals surface area contributed by atoms with Gasteiger partial charge in [-0.1, -0.05) is 28.1 Å². The zero-order valence-corrected chi connectivity index (χ0v) is 29.6. The summed E-state index contributed by atoms with van der Waals surface area (Å²) < 4.78 is 6.46. The summed E-state index contributed by atoms with van der Waals surface area (Å²) in [5.74, 6) is -8.85. The molecular formula is C34H39BrN2O13. The van der Waals surface area contributed by atoms with Crippen LogP contribution in [0.4, 0.5) is 11.4 Å². The molecular weight excluding hydrogens is 724 g/mol. The van der Waals surface area contributed by atoms with Gasteiger partial charge in [-0.05, 0) is 83.7 Å². The summed E-state index contributed by atoms with van der Waals surface area (Å²) in [7, 11) is 0. The molecule has 1 saturated carbocycles. The number of carbonyl (C=O) groups is 5. The fraction of sp³-hybridized carbons (Fsp3) is 0.500. The van der Waals surface area contributed by atoms with Crippen molar-refractivity contribution in [2.75, 3.05) is 24.6 Å². The summed E-state index contributed by atoms with van der Waals surface area (Å²) >= 11 is 3.19. The smallest absolute Gasteiger partial charge is 0.296 e. The molecule has 1 aliphatic carbocycles. The van der Waals surface area contributed by atoms with Crippen LogP contribution in [0.15, 0.2) is 46.9 Å². The number of aliphatic hydroxyl groups is 5. The molecule has 270 valence electrons. The number of Topliss-reactive ketones (excluding diaryl/α,β-unsaturated/α-hetero) is 5. The van der Waals surface area contributed by atoms with Crippen molar-refractivity contribution in [3.63, 3.8) is 0 Å². The number of piperidine rings is 1. The van der Waals surface area contributed by atoms with Crippen LogP contribution in [0.5, 0.6) is 5.75 Å². The molecule has 5 N–H and O–H groups in total. The van der Waals surface area contributed by atoms with Crippen molar-refractivity contribution in [2.45, 2.75) is 81.9 Å². The summed E-state index contributed by atoms with van der Waals surface area (Å²) in [6, 6.07) is 7.75. The van der Waals surface area contributed by atoms with Crippen LogP contribution in [-0.4, -0.2) is 101 Å². The lowest BCUT2D eigenvalue weighted by molar-refractivity contribution is -0.384. The van der Waals surface area contributed by atoms with Gasteiger partial charge in [-0.25, -0.2) is 0 Å². The molecule has 16 heteroatoms. The minimum Gasteiger partial charge on any atom is -0.474 e. The summed E-state index contributed by atoms with van der Waals surface area (Å²) in [5.41, 5.74) is -24.7. The molecule has 2 aromatic rings. The van der Waals surface area contributed by atoms with E-state index in [9.17, 15) is 59.6 Å². The molecule has 0 unspecified atom stereocenters. The second-order valence-electron chi connectivity index (χ2n) is 12.9. The van der Waals surface area contributed by atoms with E-state index in [2.05, 4.69) is 15.9 Å². The molecule has 6 atom stereocenters. The molecule has 0 radical (unpaired) electrons. The number of ketones is 5. The summed E-state index contributed by atoms with van der Waals surface area (Å²) in [4.78, 5) is 83.3. The van der Waals surface area contributed by atoms with Crippen LogP contribution in [0.2, 0.25) is 0 Å². The van der Waals surface area contributed by atoms with Crippen LogP contribution in [-0.2, 0) is 29.6 Å². The van der Waals surface area contributed by atoms with E-state index in [4.69, 9.17) is 4.74 Å². The van der Waals surface area contributed by atoms with E-state index in [1.807, 2.05) is 0 Å². The van der Waals surface area contributed by atoms with Crippen molar-refractivity contribution < 1.29 is 59.2 Å². The highest BCUT2D eigenvalue weighted by Crippen LogP contribution is 2.68. The molecule has 0 bridgehead atoms. The van der Waals surface area contributed by atoms with Crippen molar-refractivity contribution in [3.05, 3.63) is 62.6 Å². The third-order valence-corrected chi connectivity index (χ3v) is 11.1. The number of nitro groups is 1. The number of ether oxygens (including phenoxy) is 1. The molecule has 0 amide bonds. The Hall–Kier alpha value is -3.93. The molecule has 0 aromatic heterocycles. The van der Waals surface area contributed by atoms with Crippen LogP contribution in [0.3, 0.4) is 0 Å². The molecule has 2 fully saturated rings. The molecule has 0 spiro atoms. The number of anilines is 1. The lowest BCUT2D eigenvalue weighted by atomic mass is 9.36. The van der Waals surface area contributed by atoms with Gasteiger partial charge in [-0.3, -0.25) is 34.1 Å². The monoisotopic (exact) mass is 762 g/mol. The summed E-state index contributed by atoms with van der Waals surface area (Å²) in [6.45, 7) is 2.20. The lowest BCUT2D eigenvalue weighted by Crippen LogP contribution is -2.99. The van der Waals surface area contributed by atoms with Crippen LogP contribution >= 0.6 is 15.9 Å². The normalized spacial score (nSPS) is 32.6. The first-order valence-electron chi connectivity index (χ1n) is 15.7. The van der Waals surface area contributed by atoms with Gasteiger partial charge in [0.2, 0.25) is 16.8 Å². The second-order valence-corrected chi connectivity index (χ2v) is 13.8. The van der Waals surface area contributed by atoms with Crippen LogP contribution in [0.1, 0.15) is 59.4 Å². The molecule has 1 aliphatic heterocycles. The number of rotatable bonds is 11. The van der Waals surface area contributed by atoms with Crippen molar-refractivity contribution in [1.82, 2.24) is 0 Å². The van der Waals surface area contributed by atoms with Crippen LogP contribution < -0.4 is 9.64 Å². The number of hydrogen-bond donors (Lipinski definition) is 5. The Bertz CT molecular complexity index is 1780. The maximum absolute atomic E-state index is 14.4. The molecule has 2 aromatic carbocycles. The summed E-state index contributed by atoms with van der Waals surface area (Å²) in [5, 5.41) is 74.6. The van der Waals surface area contributed by atoms with Crippen LogP contribution in [0.25, 0.3) is 0 Å². The molecule has 1 saturated heterocycles. The van der Waals surface area contributed by atoms with E-state index in [1.165, 1.54) is 18.2 Å². The third kappa shape index (κ3) is 4.62. The Morgan fingerprint density at radius 1 is 0.780 bits per heavy atom. The van der Waals surface area contributed by atoms with Gasteiger partial charge >= 0.3 is 0 Å². The van der Waals surface area contributed by atoms with E-state index in [1.54, 1.807) is 4.90 Å². The molecule has 15 nitrogen and oxygen atoms in total. The molecule has 4 rings (SSSR count). The fourth-order valence-electron chi connectivity index (χ4n) is 8.24. The largest absolute Gasteiger partial charge is 0.474 e. The Morgan fingerprint density at radius 3 is 1.72 bits per heavy atom. The molecule has 50 heavy (non-hydrogen) atoms. The predicted octanol–water partition coefficient (Wildman–Crippen LogP) is 1.48. The summed E-state index contributed by atoms with van der Waals surface area (Å²) in [6.07, 6.45) is 2.38. The Kier molecular flexibility index (Phi) is 10.1. The van der Waals surface area contributed by atoms with Gasteiger partial charge in [0, 0.05) is 17.6 Å². The number of carbonyl (C=O) groups excluding carboxylic acids is 5. The van der Waals surface area contributed by atoms with Crippen molar-refractivity contribution >= 4 is 56.2 Å². The highest BCUT2D eigenvalue weighted by molar-refractivity contribution is 9.10. The van der Waals surface area contributed by atoms with E-state index in [-0.39, 0.29) is 5.69 Å². The fourth-order valence-corrected chi connectivity index (χ4v) is 8.50. The lowest BCUT2D eigenvalue weighted by Gasteiger charge is -2.71. The van der Waals surface area contributed by atoms with Gasteiger partial charge in [0.1, 0.15) is 28.2 Å². The third-order valence-electron chi connectivity index (χ3n) is 10.5. The van der Waals surface area contributed by atoms with Gasteiger partial charge in [0.15, 0.2) is 28.7 Å². The minimum atomic E-state index is -4.21. The van der Waals surface area contributed by atoms with Gasteiger partial charge in [-0.2, -0.15) is 0 Å². The number of nitro benzene ring substituents is 1. The van der Waals surface area contributed by atoms with E-state index < -0.39 is 90.9 Å². The second kappa shape index (κ2) is 13.0. The maximum atomic E-state index is 14.4. The zero-order chi connectivity index (χ0) is 37.8. The van der Waals surface area contributed by atoms with Crippen LogP contribution in [0, 0.1) is 15.5 Å². The predicted molar refractivity (Wildman–Crippen MR) is 178 cm³/mol. The van der Waals surface area contributed by atoms with Gasteiger partial charge in [0.05, 0.1) is 17.6 Å². The maximum Gasteiger partial charge on any atom is 0.296 e. The Balaban J connectivity index is 2.30. The highest BCUT2D eigenvalue weighted by atomic mass is 79.9. The van der Waals surface area contributed by atoms with Crippen molar-refractivity contribution in [1.29, 1.82) is 0 Å². The van der Waals surface area contributed by atoms with E-state index in [0.717, 1.165) is 43.5 Å². The van der Waals surface area contributed by atoms with Gasteiger partial charge in [-0.15, -0.1) is 0 Å². The average Bonchev–Trinajstić information content (AvgIpc) is 3.06. The van der Waals surface area contributed by atoms with Gasteiger partial charge < -0.3 is 35.2 Å². The number of aliphatic hydroxyl groups excluding tert-OH is 1. The first-order valence-corrected chi connectivity index (χ1v) is 16.5. The number of hydrogen-bond acceptors (Lipinski definition) is 14.